The van der Waals surface area contributed by atoms with Crippen molar-refractivity contribution in [3.05, 3.63) is 54.2 Å². The molecule has 2 heterocycles. The molecule has 3 heteroatoms. The molecular formula is C14H18N2O. The van der Waals surface area contributed by atoms with Crippen LogP contribution in [0.2, 0.25) is 0 Å². The highest BCUT2D eigenvalue weighted by molar-refractivity contribution is 5.08. The lowest BCUT2D eigenvalue weighted by Gasteiger charge is -2.12. The molecule has 0 aromatic carbocycles. The molecule has 0 amide bonds. The van der Waals surface area contributed by atoms with Crippen LogP contribution in [0.4, 0.5) is 0 Å². The molecule has 1 N–H and O–H groups in total. The van der Waals surface area contributed by atoms with E-state index in [4.69, 9.17) is 4.42 Å². The van der Waals surface area contributed by atoms with Crippen molar-refractivity contribution in [2.45, 2.75) is 32.4 Å². The molecular weight excluding hydrogens is 212 g/mol. The molecule has 0 bridgehead atoms. The van der Waals surface area contributed by atoms with Gasteiger partial charge in [-0.2, -0.15) is 0 Å². The summed E-state index contributed by atoms with van der Waals surface area (Å²) in [5.41, 5.74) is 1.22. The van der Waals surface area contributed by atoms with Crippen LogP contribution in [0.3, 0.4) is 0 Å². The molecule has 2 aromatic rings. The normalized spacial score (nSPS) is 12.5. The Morgan fingerprint density at radius 2 is 2.29 bits per heavy atom. The summed E-state index contributed by atoms with van der Waals surface area (Å²) in [6.45, 7) is 3.06. The van der Waals surface area contributed by atoms with Crippen LogP contribution in [-0.2, 0) is 13.0 Å². The minimum absolute atomic E-state index is 0.473. The van der Waals surface area contributed by atoms with Crippen LogP contribution >= 0.6 is 0 Å². The maximum absolute atomic E-state index is 5.31. The first-order valence-corrected chi connectivity index (χ1v) is 5.99. The molecule has 0 saturated heterocycles. The van der Waals surface area contributed by atoms with Gasteiger partial charge < -0.3 is 9.73 Å². The molecule has 0 aliphatic carbocycles. The Morgan fingerprint density at radius 3 is 3.00 bits per heavy atom. The molecule has 3 nitrogen and oxygen atoms in total. The standard InChI is InChI=1S/C14H18N2O/c1-12(6-7-14-5-3-9-17-14)16-11-13-4-2-8-15-10-13/h2-5,8-10,12,16H,6-7,11H2,1H3. The summed E-state index contributed by atoms with van der Waals surface area (Å²) < 4.78 is 5.31. The molecule has 0 saturated carbocycles. The van der Waals surface area contributed by atoms with Crippen molar-refractivity contribution in [1.82, 2.24) is 10.3 Å². The third kappa shape index (κ3) is 4.04. The fraction of sp³-hybridized carbons (Fsp3) is 0.357. The number of aryl methyl sites for hydroxylation is 1. The van der Waals surface area contributed by atoms with Crippen LogP contribution in [0.25, 0.3) is 0 Å². The van der Waals surface area contributed by atoms with Gasteiger partial charge in [0.1, 0.15) is 5.76 Å². The van der Waals surface area contributed by atoms with E-state index in [0.717, 1.165) is 25.1 Å². The van der Waals surface area contributed by atoms with Crippen molar-refractivity contribution in [3.63, 3.8) is 0 Å². The Balaban J connectivity index is 1.69. The zero-order chi connectivity index (χ0) is 11.9. The Labute approximate surface area is 102 Å². The fourth-order valence-electron chi connectivity index (χ4n) is 1.71. The van der Waals surface area contributed by atoms with E-state index in [1.807, 2.05) is 24.4 Å². The molecule has 2 rings (SSSR count). The zero-order valence-corrected chi connectivity index (χ0v) is 10.1. The Kier molecular flexibility index (Phi) is 4.33. The van der Waals surface area contributed by atoms with Crippen molar-refractivity contribution in [1.29, 1.82) is 0 Å². The summed E-state index contributed by atoms with van der Waals surface area (Å²) >= 11 is 0. The highest BCUT2D eigenvalue weighted by atomic mass is 16.3. The van der Waals surface area contributed by atoms with Crippen molar-refractivity contribution < 1.29 is 4.42 Å². The van der Waals surface area contributed by atoms with Gasteiger partial charge in [0.15, 0.2) is 0 Å². The van der Waals surface area contributed by atoms with Gasteiger partial charge in [-0.3, -0.25) is 4.98 Å². The summed E-state index contributed by atoms with van der Waals surface area (Å²) in [4.78, 5) is 4.09. The number of hydrogen-bond donors (Lipinski definition) is 1. The van der Waals surface area contributed by atoms with Gasteiger partial charge in [-0.05, 0) is 37.1 Å². The second-order valence-corrected chi connectivity index (χ2v) is 4.26. The Morgan fingerprint density at radius 1 is 1.35 bits per heavy atom. The molecule has 1 unspecified atom stereocenters. The van der Waals surface area contributed by atoms with Gasteiger partial charge >= 0.3 is 0 Å². The monoisotopic (exact) mass is 230 g/mol. The van der Waals surface area contributed by atoms with Gasteiger partial charge in [-0.1, -0.05) is 6.07 Å². The second-order valence-electron chi connectivity index (χ2n) is 4.26. The topological polar surface area (TPSA) is 38.1 Å². The van der Waals surface area contributed by atoms with Crippen molar-refractivity contribution in [2.75, 3.05) is 0 Å². The predicted molar refractivity (Wildman–Crippen MR) is 67.6 cm³/mol. The first kappa shape index (κ1) is 11.9. The summed E-state index contributed by atoms with van der Waals surface area (Å²) in [6, 6.07) is 8.47. The van der Waals surface area contributed by atoms with Crippen LogP contribution in [-0.4, -0.2) is 11.0 Å². The predicted octanol–water partition coefficient (Wildman–Crippen LogP) is 2.79. The molecule has 0 fully saturated rings. The van der Waals surface area contributed by atoms with E-state index in [-0.39, 0.29) is 0 Å². The molecule has 0 radical (unpaired) electrons. The van der Waals surface area contributed by atoms with Crippen molar-refractivity contribution in [3.8, 4) is 0 Å². The summed E-state index contributed by atoms with van der Waals surface area (Å²) in [5.74, 6) is 1.06. The van der Waals surface area contributed by atoms with Gasteiger partial charge in [-0.25, -0.2) is 0 Å². The van der Waals surface area contributed by atoms with E-state index < -0.39 is 0 Å². The van der Waals surface area contributed by atoms with Crippen molar-refractivity contribution in [2.24, 2.45) is 0 Å². The van der Waals surface area contributed by atoms with Crippen LogP contribution in [0.1, 0.15) is 24.7 Å². The largest absolute Gasteiger partial charge is 0.469 e. The minimum atomic E-state index is 0.473. The number of pyridine rings is 1. The fourth-order valence-corrected chi connectivity index (χ4v) is 1.71. The highest BCUT2D eigenvalue weighted by Gasteiger charge is 2.03. The number of aromatic nitrogens is 1. The van der Waals surface area contributed by atoms with E-state index in [2.05, 4.69) is 23.3 Å². The first-order valence-electron chi connectivity index (χ1n) is 5.99. The van der Waals surface area contributed by atoms with Gasteiger partial charge in [0, 0.05) is 31.4 Å². The molecule has 0 spiro atoms. The van der Waals surface area contributed by atoms with E-state index >= 15 is 0 Å². The van der Waals surface area contributed by atoms with E-state index in [1.54, 1.807) is 12.5 Å². The van der Waals surface area contributed by atoms with E-state index in [0.29, 0.717) is 6.04 Å². The molecule has 90 valence electrons. The minimum Gasteiger partial charge on any atom is -0.469 e. The zero-order valence-electron chi connectivity index (χ0n) is 10.1. The number of nitrogens with one attached hydrogen (secondary N) is 1. The van der Waals surface area contributed by atoms with Gasteiger partial charge in [0.25, 0.3) is 0 Å². The summed E-state index contributed by atoms with van der Waals surface area (Å²) in [5, 5.41) is 3.48. The van der Waals surface area contributed by atoms with Crippen LogP contribution in [0.5, 0.6) is 0 Å². The SMILES string of the molecule is CC(CCc1ccco1)NCc1cccnc1. The molecule has 1 atom stereocenters. The van der Waals surface area contributed by atoms with Crippen LogP contribution in [0, 0.1) is 0 Å². The third-order valence-electron chi connectivity index (χ3n) is 2.78. The Bertz CT molecular complexity index is 411. The van der Waals surface area contributed by atoms with Gasteiger partial charge in [-0.15, -0.1) is 0 Å². The smallest absolute Gasteiger partial charge is 0.103 e. The number of furan rings is 1. The second kappa shape index (κ2) is 6.21. The first-order chi connectivity index (χ1) is 8.34. The molecule has 17 heavy (non-hydrogen) atoms. The number of rotatable bonds is 6. The lowest BCUT2D eigenvalue weighted by Crippen LogP contribution is -2.25. The summed E-state index contributed by atoms with van der Waals surface area (Å²) in [6.07, 6.45) is 7.47. The maximum Gasteiger partial charge on any atom is 0.103 e. The third-order valence-corrected chi connectivity index (χ3v) is 2.78. The molecule has 0 aliphatic rings. The quantitative estimate of drug-likeness (QED) is 0.829. The highest BCUT2D eigenvalue weighted by Crippen LogP contribution is 2.06. The molecule has 0 aliphatic heterocycles. The Hall–Kier alpha value is -1.61. The van der Waals surface area contributed by atoms with E-state index in [1.165, 1.54) is 5.56 Å². The van der Waals surface area contributed by atoms with Crippen LogP contribution in [0.15, 0.2) is 47.3 Å². The maximum atomic E-state index is 5.31. The lowest BCUT2D eigenvalue weighted by molar-refractivity contribution is 0.459. The van der Waals surface area contributed by atoms with Gasteiger partial charge in [0.05, 0.1) is 6.26 Å². The summed E-state index contributed by atoms with van der Waals surface area (Å²) in [7, 11) is 0. The number of nitrogens with zero attached hydrogens (tertiary/aromatic N) is 1. The lowest BCUT2D eigenvalue weighted by atomic mass is 10.1. The average molecular weight is 230 g/mol. The van der Waals surface area contributed by atoms with Gasteiger partial charge in [0.2, 0.25) is 0 Å². The van der Waals surface area contributed by atoms with Crippen molar-refractivity contribution >= 4 is 0 Å². The van der Waals surface area contributed by atoms with Crippen LogP contribution < -0.4 is 5.32 Å². The average Bonchev–Trinajstić information content (AvgIpc) is 2.88. The molecule has 2 aromatic heterocycles. The van der Waals surface area contributed by atoms with E-state index in [9.17, 15) is 0 Å². The number of hydrogen-bond acceptors (Lipinski definition) is 3.